The molecule has 2 unspecified atom stereocenters. The maximum absolute atomic E-state index is 11.8. The van der Waals surface area contributed by atoms with E-state index in [1.54, 1.807) is 0 Å². The molecule has 3 aliphatic heterocycles. The van der Waals surface area contributed by atoms with Gasteiger partial charge in [-0.3, -0.25) is 0 Å². The van der Waals surface area contributed by atoms with Gasteiger partial charge in [0.1, 0.15) is 18.5 Å². The van der Waals surface area contributed by atoms with Crippen molar-refractivity contribution in [3.8, 4) is 18.0 Å². The first-order chi connectivity index (χ1) is 19.9. The number of anilines is 1. The van der Waals surface area contributed by atoms with Gasteiger partial charge in [-0.15, -0.1) is 0 Å². The van der Waals surface area contributed by atoms with Crippen LogP contribution in [0.5, 0.6) is 11.9 Å². The Morgan fingerprint density at radius 2 is 1.98 bits per heavy atom. The number of piperazine rings is 1. The molecule has 2 aromatic carbocycles. The number of hydrogen-bond donors (Lipinski definition) is 1. The van der Waals surface area contributed by atoms with Gasteiger partial charge in [-0.1, -0.05) is 49.4 Å². The van der Waals surface area contributed by atoms with Crippen molar-refractivity contribution in [2.24, 2.45) is 5.92 Å². The lowest BCUT2D eigenvalue weighted by molar-refractivity contribution is 0.111. The second-order valence-electron chi connectivity index (χ2n) is 11.4. The van der Waals surface area contributed by atoms with E-state index in [9.17, 15) is 15.2 Å². The molecule has 2 fully saturated rings. The van der Waals surface area contributed by atoms with E-state index in [0.717, 1.165) is 35.9 Å². The predicted octanol–water partition coefficient (Wildman–Crippen LogP) is 4.50. The minimum atomic E-state index is -1.01. The van der Waals surface area contributed by atoms with Gasteiger partial charge in [-0.05, 0) is 43.6 Å². The lowest BCUT2D eigenvalue weighted by atomic mass is 9.87. The molecule has 4 atom stereocenters. The van der Waals surface area contributed by atoms with Crippen LogP contribution >= 0.6 is 0 Å². The highest BCUT2D eigenvalue weighted by atomic mass is 16.5. The first-order valence-electron chi connectivity index (χ1n) is 14.4. The highest BCUT2D eigenvalue weighted by molar-refractivity contribution is 5.86. The van der Waals surface area contributed by atoms with E-state index >= 15 is 0 Å². The lowest BCUT2D eigenvalue weighted by Crippen LogP contribution is -2.55. The number of carboxylic acid groups (broad SMARTS) is 1. The summed E-state index contributed by atoms with van der Waals surface area (Å²) in [7, 11) is 2.11. The third kappa shape index (κ3) is 5.34. The Hall–Kier alpha value is -4.10. The summed E-state index contributed by atoms with van der Waals surface area (Å²) in [5, 5.41) is 21.4. The highest BCUT2D eigenvalue weighted by Gasteiger charge is 2.37. The summed E-state index contributed by atoms with van der Waals surface area (Å²) >= 11 is 0. The van der Waals surface area contributed by atoms with Crippen molar-refractivity contribution in [2.75, 3.05) is 44.7 Å². The van der Waals surface area contributed by atoms with E-state index in [4.69, 9.17) is 19.4 Å². The molecule has 3 aliphatic rings. The summed E-state index contributed by atoms with van der Waals surface area (Å²) in [5.74, 6) is 1.36. The van der Waals surface area contributed by atoms with Crippen molar-refractivity contribution in [3.63, 3.8) is 0 Å². The number of nitriles is 1. The largest absolute Gasteiger partial charge is 0.469 e. The van der Waals surface area contributed by atoms with Gasteiger partial charge in [0.2, 0.25) is 5.88 Å². The third-order valence-electron chi connectivity index (χ3n) is 8.77. The first-order valence-corrected chi connectivity index (χ1v) is 14.4. The number of nitrogens with zero attached hydrogens (tertiary/aromatic N) is 6. The van der Waals surface area contributed by atoms with Crippen LogP contribution in [-0.2, 0) is 6.42 Å². The number of amides is 1. The van der Waals surface area contributed by atoms with Gasteiger partial charge >= 0.3 is 12.1 Å². The van der Waals surface area contributed by atoms with Gasteiger partial charge in [0.15, 0.2) is 0 Å². The molecule has 4 heterocycles. The van der Waals surface area contributed by atoms with Crippen molar-refractivity contribution in [1.82, 2.24) is 19.8 Å². The molecule has 1 N–H and O–H groups in total. The summed E-state index contributed by atoms with van der Waals surface area (Å²) in [4.78, 5) is 27.2. The zero-order valence-corrected chi connectivity index (χ0v) is 23.6. The molecule has 10 heteroatoms. The van der Waals surface area contributed by atoms with E-state index < -0.39 is 12.1 Å². The number of aromatic nitrogens is 2. The van der Waals surface area contributed by atoms with Crippen molar-refractivity contribution >= 4 is 22.7 Å². The number of likely N-dealkylation sites (N-methyl/N-ethyl adjacent to an activating group) is 1. The second-order valence-corrected chi connectivity index (χ2v) is 11.4. The van der Waals surface area contributed by atoms with Gasteiger partial charge in [0.05, 0.1) is 24.1 Å². The van der Waals surface area contributed by atoms with Crippen LogP contribution < -0.4 is 14.4 Å². The molecule has 1 amide bonds. The summed E-state index contributed by atoms with van der Waals surface area (Å²) in [5.41, 5.74) is 2.03. The second kappa shape index (κ2) is 11.4. The number of hydrogen-bond acceptors (Lipinski definition) is 8. The molecule has 1 aromatic heterocycles. The zero-order chi connectivity index (χ0) is 28.5. The Kier molecular flexibility index (Phi) is 7.54. The van der Waals surface area contributed by atoms with Crippen molar-refractivity contribution in [2.45, 2.75) is 50.8 Å². The van der Waals surface area contributed by atoms with Gasteiger partial charge in [-0.2, -0.15) is 15.2 Å². The molecule has 0 radical (unpaired) electrons. The van der Waals surface area contributed by atoms with E-state index in [-0.39, 0.29) is 24.5 Å². The number of ether oxygens (including phenoxy) is 2. The maximum atomic E-state index is 11.8. The first kappa shape index (κ1) is 27.1. The maximum Gasteiger partial charge on any atom is 0.407 e. The fourth-order valence-corrected chi connectivity index (χ4v) is 6.51. The van der Waals surface area contributed by atoms with Gasteiger partial charge < -0.3 is 29.3 Å². The average molecular weight is 557 g/mol. The number of benzene rings is 2. The standard InChI is InChI=1S/C31H36N6O4/c1-20-17-26-28(36-15-16-37(31(38)39)22(18-36)12-13-32)33-30(40-19-23-9-6-14-35(23)2)34-29(26)41-27(20)25-11-5-8-21-7-3-4-10-24(21)25/h3-5,7-8,10-11,20,22-23,27H,6,9,12,14-19H2,1-2H3,(H,38,39)/t20?,22-,23-,27?/m0/s1. The molecule has 214 valence electrons. The summed E-state index contributed by atoms with van der Waals surface area (Å²) in [6, 6.07) is 16.9. The van der Waals surface area contributed by atoms with Crippen LogP contribution in [0.1, 0.15) is 43.4 Å². The number of rotatable bonds is 6. The number of likely N-dealkylation sites (tertiary alicyclic amines) is 1. The Labute approximate surface area is 240 Å². The lowest BCUT2D eigenvalue weighted by Gasteiger charge is -2.41. The molecule has 10 nitrogen and oxygen atoms in total. The topological polar surface area (TPSA) is 115 Å². The van der Waals surface area contributed by atoms with Crippen molar-refractivity contribution < 1.29 is 19.4 Å². The quantitative estimate of drug-likeness (QED) is 0.469. The summed E-state index contributed by atoms with van der Waals surface area (Å²) in [6.07, 6.45) is 1.83. The minimum absolute atomic E-state index is 0.115. The van der Waals surface area contributed by atoms with Crippen LogP contribution in [0.25, 0.3) is 10.8 Å². The summed E-state index contributed by atoms with van der Waals surface area (Å²) < 4.78 is 12.9. The van der Waals surface area contributed by atoms with Crippen LogP contribution in [0.2, 0.25) is 0 Å². The molecule has 3 aromatic rings. The fraction of sp³-hybridized carbons (Fsp3) is 0.484. The van der Waals surface area contributed by atoms with Crippen LogP contribution in [0.15, 0.2) is 42.5 Å². The molecule has 0 bridgehead atoms. The molecule has 0 aliphatic carbocycles. The summed E-state index contributed by atoms with van der Waals surface area (Å²) in [6.45, 7) is 4.84. The Morgan fingerprint density at radius 3 is 2.76 bits per heavy atom. The van der Waals surface area contributed by atoms with Crippen LogP contribution in [-0.4, -0.2) is 82.9 Å². The molecule has 0 saturated carbocycles. The molecule has 0 spiro atoms. The van der Waals surface area contributed by atoms with Crippen molar-refractivity contribution in [1.29, 1.82) is 5.26 Å². The number of fused-ring (bicyclic) bond motifs is 2. The van der Waals surface area contributed by atoms with Gasteiger partial charge in [0, 0.05) is 37.2 Å². The molecule has 6 rings (SSSR count). The Bertz CT molecular complexity index is 1470. The monoisotopic (exact) mass is 556 g/mol. The molecular formula is C31H36N6O4. The molecule has 41 heavy (non-hydrogen) atoms. The highest BCUT2D eigenvalue weighted by Crippen LogP contribution is 2.43. The smallest absolute Gasteiger partial charge is 0.407 e. The van der Waals surface area contributed by atoms with Gasteiger partial charge in [-0.25, -0.2) is 4.79 Å². The average Bonchev–Trinajstić information content (AvgIpc) is 3.39. The van der Waals surface area contributed by atoms with Crippen LogP contribution in [0.3, 0.4) is 0 Å². The fourth-order valence-electron chi connectivity index (χ4n) is 6.51. The minimum Gasteiger partial charge on any atom is -0.469 e. The molecule has 2 saturated heterocycles. The SMILES string of the molecule is CC1Cc2c(nc(OC[C@@H]3CCCN3C)nc2N2CCN(C(=O)O)[C@@H](CC#N)C2)OC1c1cccc2ccccc12. The predicted molar refractivity (Wildman–Crippen MR) is 154 cm³/mol. The van der Waals surface area contributed by atoms with Crippen LogP contribution in [0, 0.1) is 17.2 Å². The van der Waals surface area contributed by atoms with Crippen molar-refractivity contribution in [3.05, 3.63) is 53.6 Å². The van der Waals surface area contributed by atoms with E-state index in [0.29, 0.717) is 50.4 Å². The normalized spacial score (nSPS) is 24.5. The Balaban J connectivity index is 1.36. The van der Waals surface area contributed by atoms with Crippen LogP contribution in [0.4, 0.5) is 10.6 Å². The third-order valence-corrected chi connectivity index (χ3v) is 8.77. The van der Waals surface area contributed by atoms with E-state index in [1.807, 2.05) is 12.1 Å². The zero-order valence-electron chi connectivity index (χ0n) is 23.6. The van der Waals surface area contributed by atoms with E-state index in [1.165, 1.54) is 10.3 Å². The van der Waals surface area contributed by atoms with Gasteiger partial charge in [0.25, 0.3) is 0 Å². The molecular weight excluding hydrogens is 520 g/mol. The Morgan fingerprint density at radius 1 is 1.15 bits per heavy atom. The van der Waals surface area contributed by atoms with E-state index in [2.05, 4.69) is 60.2 Å². The number of carbonyl (C=O) groups is 1.